The van der Waals surface area contributed by atoms with Gasteiger partial charge in [0.1, 0.15) is 0 Å². The predicted molar refractivity (Wildman–Crippen MR) is 186 cm³/mol. The number of fused-ring (bicyclic) bond motifs is 4. The van der Waals surface area contributed by atoms with Crippen LogP contribution in [0.25, 0.3) is 0 Å². The minimum absolute atomic E-state index is 0.355. The van der Waals surface area contributed by atoms with Gasteiger partial charge in [0.15, 0.2) is 0 Å². The Bertz CT molecular complexity index is 1270. The number of nitrogens with zero attached hydrogens (tertiary/aromatic N) is 2. The second kappa shape index (κ2) is 12.5. The third-order valence-corrected chi connectivity index (χ3v) is 22.3. The van der Waals surface area contributed by atoms with E-state index < -0.39 is 16.7 Å². The summed E-state index contributed by atoms with van der Waals surface area (Å²) in [6, 6.07) is 1.42. The van der Waals surface area contributed by atoms with E-state index in [0.29, 0.717) is 24.2 Å². The fourth-order valence-electron chi connectivity index (χ4n) is 10.0. The normalized spacial score (nSPS) is 26.1. The van der Waals surface area contributed by atoms with Crippen molar-refractivity contribution >= 4 is 34.5 Å². The summed E-state index contributed by atoms with van der Waals surface area (Å²) < 4.78 is 5.31. The first-order valence-corrected chi connectivity index (χ1v) is 27.3. The van der Waals surface area contributed by atoms with E-state index in [4.69, 9.17) is 17.8 Å². The molecule has 6 heterocycles. The number of hydrogen-bond donors (Lipinski definition) is 2. The molecule has 0 aliphatic carbocycles. The SMILES string of the molecule is CCC1=C(CC)C2Cc3c(CC)c(CC)c4[n]3[Sn]([Cl])([Cl])[n]3c(c(CC)c(CC)c3CC3NC(C4)C(CC)=C3CC)CC1N2. The molecule has 6 rings (SSSR count). The van der Waals surface area contributed by atoms with Gasteiger partial charge >= 0.3 is 275 Å². The van der Waals surface area contributed by atoms with Crippen LogP contribution >= 0.6 is 17.8 Å². The maximum atomic E-state index is 8.23. The summed E-state index contributed by atoms with van der Waals surface area (Å²) in [6.45, 7) is 18.8. The van der Waals surface area contributed by atoms with Crippen molar-refractivity contribution in [1.29, 1.82) is 0 Å². The number of nitrogens with one attached hydrogen (secondary N) is 2. The molecule has 0 fully saturated rings. The molecule has 4 aliphatic rings. The van der Waals surface area contributed by atoms with E-state index >= 15 is 0 Å². The molecule has 0 amide bonds. The van der Waals surface area contributed by atoms with E-state index in [0.717, 1.165) is 77.0 Å². The molecule has 4 nitrogen and oxygen atoms in total. The van der Waals surface area contributed by atoms with Crippen molar-refractivity contribution in [2.24, 2.45) is 0 Å². The summed E-state index contributed by atoms with van der Waals surface area (Å²) in [5.41, 5.74) is 18.4. The molecule has 4 aliphatic heterocycles. The molecule has 0 spiro atoms. The molecule has 236 valence electrons. The van der Waals surface area contributed by atoms with Crippen LogP contribution in [0.15, 0.2) is 22.3 Å². The predicted octanol–water partition coefficient (Wildman–Crippen LogP) is 7.96. The van der Waals surface area contributed by atoms with Crippen LogP contribution in [0.1, 0.15) is 126 Å². The first-order valence-electron chi connectivity index (χ1n) is 17.6. The van der Waals surface area contributed by atoms with Gasteiger partial charge in [0.25, 0.3) is 0 Å². The molecule has 0 radical (unpaired) electrons. The average Bonchev–Trinajstić information content (AvgIpc) is 3.69. The fourth-order valence-corrected chi connectivity index (χ4v) is 22.4. The van der Waals surface area contributed by atoms with Crippen molar-refractivity contribution in [2.75, 3.05) is 0 Å². The van der Waals surface area contributed by atoms with Crippen molar-refractivity contribution in [1.82, 2.24) is 16.2 Å². The Morgan fingerprint density at radius 1 is 0.465 bits per heavy atom. The quantitative estimate of drug-likeness (QED) is 0.214. The molecule has 43 heavy (non-hydrogen) atoms. The summed E-state index contributed by atoms with van der Waals surface area (Å²) >= 11 is -4.32. The number of halogens is 2. The van der Waals surface area contributed by atoms with Crippen molar-refractivity contribution < 1.29 is 0 Å². The monoisotopic (exact) mass is 732 g/mol. The molecular weight excluding hydrogens is 678 g/mol. The number of rotatable bonds is 8. The van der Waals surface area contributed by atoms with Crippen LogP contribution in [0.4, 0.5) is 0 Å². The van der Waals surface area contributed by atoms with Crippen LogP contribution in [0.3, 0.4) is 0 Å². The summed E-state index contributed by atoms with van der Waals surface area (Å²) in [5.74, 6) is 0. The molecule has 2 N–H and O–H groups in total. The van der Waals surface area contributed by atoms with Gasteiger partial charge in [0, 0.05) is 0 Å². The molecule has 4 unspecified atom stereocenters. The topological polar surface area (TPSA) is 33.9 Å². The van der Waals surface area contributed by atoms with E-state index in [1.54, 1.807) is 22.3 Å². The Hall–Kier alpha value is -0.661. The Balaban J connectivity index is 1.77. The molecule has 4 atom stereocenters. The Kier molecular flexibility index (Phi) is 9.39. The van der Waals surface area contributed by atoms with Gasteiger partial charge in [-0.05, 0) is 0 Å². The second-order valence-corrected chi connectivity index (χ2v) is 27.0. The Labute approximate surface area is 273 Å². The Morgan fingerprint density at radius 2 is 0.698 bits per heavy atom. The zero-order chi connectivity index (χ0) is 30.8. The number of hydrogen-bond acceptors (Lipinski definition) is 2. The van der Waals surface area contributed by atoms with Gasteiger partial charge in [-0.3, -0.25) is 0 Å². The maximum absolute atomic E-state index is 8.23. The van der Waals surface area contributed by atoms with Gasteiger partial charge in [-0.2, -0.15) is 0 Å². The zero-order valence-electron chi connectivity index (χ0n) is 27.9. The molecular formula is C36H54Cl2N4Sn. The molecule has 2 aromatic heterocycles. The van der Waals surface area contributed by atoms with Gasteiger partial charge in [0.05, 0.1) is 0 Å². The first kappa shape index (κ1) is 32.3. The van der Waals surface area contributed by atoms with Gasteiger partial charge in [-0.1, -0.05) is 0 Å². The van der Waals surface area contributed by atoms with Crippen molar-refractivity contribution in [3.05, 3.63) is 67.3 Å². The third kappa shape index (κ3) is 4.81. The van der Waals surface area contributed by atoms with Crippen LogP contribution < -0.4 is 10.6 Å². The average molecular weight is 732 g/mol. The molecule has 0 saturated heterocycles. The molecule has 7 heteroatoms. The molecule has 0 saturated carbocycles. The van der Waals surface area contributed by atoms with Gasteiger partial charge in [0.2, 0.25) is 0 Å². The van der Waals surface area contributed by atoms with E-state index in [9.17, 15) is 0 Å². The van der Waals surface area contributed by atoms with Crippen LogP contribution in [0.5, 0.6) is 0 Å². The molecule has 6 bridgehead atoms. The van der Waals surface area contributed by atoms with Crippen molar-refractivity contribution in [3.63, 3.8) is 0 Å². The molecule has 0 aromatic carbocycles. The standard InChI is InChI=1S/C36H54N4.2ClH.Sn/c1-9-21-22(10-2)30-18-32-25(13-5)26(14-6)34(39-32)20-36-28(16-8)27(15-7)35(40-36)19-33-24(12-4)23(11-3)31(38-33)17-29(21)37-30;;;/h29-30,35-37,40H,9-20H2,1-8H3;2*1H;/q-2;;;+4/p-2. The van der Waals surface area contributed by atoms with Crippen LogP contribution in [-0.2, 0) is 51.4 Å². The van der Waals surface area contributed by atoms with Crippen LogP contribution in [0, 0.1) is 0 Å². The minimum atomic E-state index is -4.32. The Morgan fingerprint density at radius 3 is 0.884 bits per heavy atom. The summed E-state index contributed by atoms with van der Waals surface area (Å²) in [4.78, 5) is 0. The summed E-state index contributed by atoms with van der Waals surface area (Å²) in [6.07, 6.45) is 12.5. The van der Waals surface area contributed by atoms with E-state index in [-0.39, 0.29) is 0 Å². The fraction of sp³-hybridized carbons (Fsp3) is 0.667. The number of aromatic nitrogens is 2. The van der Waals surface area contributed by atoms with Crippen molar-refractivity contribution in [3.8, 4) is 0 Å². The van der Waals surface area contributed by atoms with Crippen molar-refractivity contribution in [2.45, 2.75) is 157 Å². The van der Waals surface area contributed by atoms with E-state index in [1.807, 2.05) is 0 Å². The summed E-state index contributed by atoms with van der Waals surface area (Å²) in [5, 5.41) is 8.42. The van der Waals surface area contributed by atoms with Gasteiger partial charge in [-0.25, -0.2) is 0 Å². The third-order valence-electron chi connectivity index (χ3n) is 11.6. The van der Waals surface area contributed by atoms with Gasteiger partial charge in [-0.15, -0.1) is 0 Å². The van der Waals surface area contributed by atoms with E-state index in [2.05, 4.69) is 71.6 Å². The second-order valence-electron chi connectivity index (χ2n) is 13.2. The summed E-state index contributed by atoms with van der Waals surface area (Å²) in [7, 11) is 16.5. The van der Waals surface area contributed by atoms with Crippen LogP contribution in [0.2, 0.25) is 0 Å². The zero-order valence-corrected chi connectivity index (χ0v) is 32.3. The van der Waals surface area contributed by atoms with Crippen LogP contribution in [-0.4, -0.2) is 46.4 Å². The van der Waals surface area contributed by atoms with E-state index in [1.165, 1.54) is 45.0 Å². The van der Waals surface area contributed by atoms with Gasteiger partial charge < -0.3 is 0 Å². The molecule has 2 aromatic rings. The first-order chi connectivity index (χ1) is 20.7.